The average Bonchev–Trinajstić information content (AvgIpc) is 2.27. The second-order valence-electron chi connectivity index (χ2n) is 3.63. The van der Waals surface area contributed by atoms with Crippen molar-refractivity contribution in [2.75, 3.05) is 6.54 Å². The molecular formula is C11H18N2O2S. The number of nitrogens with one attached hydrogen (secondary N) is 1. The fourth-order valence-corrected chi connectivity index (χ4v) is 2.72. The van der Waals surface area contributed by atoms with Gasteiger partial charge in [-0.15, -0.1) is 0 Å². The highest BCUT2D eigenvalue weighted by Gasteiger charge is 2.12. The Morgan fingerprint density at radius 2 is 1.88 bits per heavy atom. The molecule has 0 spiro atoms. The predicted octanol–water partition coefficient (Wildman–Crippen LogP) is 0.975. The second kappa shape index (κ2) is 5.98. The molecule has 0 aromatic heterocycles. The Kier molecular flexibility index (Phi) is 4.92. The molecule has 0 unspecified atom stereocenters. The molecule has 0 heterocycles. The van der Waals surface area contributed by atoms with Crippen molar-refractivity contribution in [3.8, 4) is 0 Å². The Balaban J connectivity index is 2.79. The van der Waals surface area contributed by atoms with Crippen molar-refractivity contribution in [2.45, 2.75) is 25.6 Å². The molecule has 5 heteroatoms. The molecule has 3 N–H and O–H groups in total. The third-order valence-corrected chi connectivity index (χ3v) is 3.59. The van der Waals surface area contributed by atoms with E-state index in [4.69, 9.17) is 5.73 Å². The van der Waals surface area contributed by atoms with E-state index in [0.29, 0.717) is 13.1 Å². The van der Waals surface area contributed by atoms with Gasteiger partial charge in [0.1, 0.15) is 0 Å². The summed E-state index contributed by atoms with van der Waals surface area (Å²) in [6.45, 7) is 2.77. The van der Waals surface area contributed by atoms with E-state index in [9.17, 15) is 8.42 Å². The zero-order valence-electron chi connectivity index (χ0n) is 9.44. The van der Waals surface area contributed by atoms with Crippen molar-refractivity contribution in [1.29, 1.82) is 0 Å². The SMILES string of the molecule is CCCNS(=O)(=O)Cc1ccccc1CN. The largest absolute Gasteiger partial charge is 0.326 e. The van der Waals surface area contributed by atoms with Gasteiger partial charge in [0.15, 0.2) is 0 Å². The molecule has 0 aliphatic carbocycles. The number of benzene rings is 1. The van der Waals surface area contributed by atoms with Crippen molar-refractivity contribution in [3.63, 3.8) is 0 Å². The molecule has 1 aromatic rings. The Labute approximate surface area is 96.9 Å². The Bertz CT molecular complexity index is 429. The standard InChI is InChI=1S/C11H18N2O2S/c1-2-7-13-16(14,15)9-11-6-4-3-5-10(11)8-12/h3-6,13H,2,7-9,12H2,1H3. The highest BCUT2D eigenvalue weighted by Crippen LogP contribution is 2.11. The predicted molar refractivity (Wildman–Crippen MR) is 65.3 cm³/mol. The summed E-state index contributed by atoms with van der Waals surface area (Å²) >= 11 is 0. The second-order valence-corrected chi connectivity index (χ2v) is 5.43. The van der Waals surface area contributed by atoms with Crippen LogP contribution < -0.4 is 10.5 Å². The maximum absolute atomic E-state index is 11.7. The molecule has 0 atom stereocenters. The topological polar surface area (TPSA) is 72.2 Å². The van der Waals surface area contributed by atoms with Crippen molar-refractivity contribution in [1.82, 2.24) is 4.72 Å². The fourth-order valence-electron chi connectivity index (χ4n) is 1.41. The normalized spacial score (nSPS) is 11.6. The third kappa shape index (κ3) is 3.92. The van der Waals surface area contributed by atoms with Crippen LogP contribution in [0.25, 0.3) is 0 Å². The summed E-state index contributed by atoms with van der Waals surface area (Å²) in [6, 6.07) is 7.33. The van der Waals surface area contributed by atoms with Crippen LogP contribution in [0.4, 0.5) is 0 Å². The van der Waals surface area contributed by atoms with E-state index in [-0.39, 0.29) is 5.75 Å². The summed E-state index contributed by atoms with van der Waals surface area (Å²) in [5.74, 6) is 0.000370. The first kappa shape index (κ1) is 13.2. The number of sulfonamides is 1. The number of nitrogens with two attached hydrogens (primary N) is 1. The minimum atomic E-state index is -3.23. The van der Waals surface area contributed by atoms with E-state index < -0.39 is 10.0 Å². The molecular weight excluding hydrogens is 224 g/mol. The lowest BCUT2D eigenvalue weighted by molar-refractivity contribution is 0.579. The van der Waals surface area contributed by atoms with Crippen molar-refractivity contribution >= 4 is 10.0 Å². The van der Waals surface area contributed by atoms with Crippen LogP contribution in [-0.2, 0) is 22.3 Å². The van der Waals surface area contributed by atoms with Crippen LogP contribution in [0.2, 0.25) is 0 Å². The van der Waals surface area contributed by atoms with E-state index in [1.807, 2.05) is 25.1 Å². The molecule has 0 saturated heterocycles. The van der Waals surface area contributed by atoms with Gasteiger partial charge in [0.05, 0.1) is 5.75 Å². The van der Waals surface area contributed by atoms with Gasteiger partial charge in [-0.1, -0.05) is 31.2 Å². The Morgan fingerprint density at radius 1 is 1.25 bits per heavy atom. The van der Waals surface area contributed by atoms with E-state index in [1.165, 1.54) is 0 Å². The van der Waals surface area contributed by atoms with Crippen molar-refractivity contribution in [3.05, 3.63) is 35.4 Å². The van der Waals surface area contributed by atoms with Crippen LogP contribution in [0, 0.1) is 0 Å². The lowest BCUT2D eigenvalue weighted by atomic mass is 10.1. The smallest absolute Gasteiger partial charge is 0.215 e. The van der Waals surface area contributed by atoms with Gasteiger partial charge in [-0.3, -0.25) is 0 Å². The Morgan fingerprint density at radius 3 is 2.44 bits per heavy atom. The number of hydrogen-bond donors (Lipinski definition) is 2. The molecule has 4 nitrogen and oxygen atoms in total. The highest BCUT2D eigenvalue weighted by molar-refractivity contribution is 7.88. The minimum Gasteiger partial charge on any atom is -0.326 e. The van der Waals surface area contributed by atoms with Gasteiger partial charge < -0.3 is 5.73 Å². The van der Waals surface area contributed by atoms with Gasteiger partial charge in [0.2, 0.25) is 10.0 Å². The van der Waals surface area contributed by atoms with Crippen LogP contribution in [-0.4, -0.2) is 15.0 Å². The third-order valence-electron chi connectivity index (χ3n) is 2.26. The molecule has 0 radical (unpaired) electrons. The zero-order valence-corrected chi connectivity index (χ0v) is 10.3. The van der Waals surface area contributed by atoms with Gasteiger partial charge in [0, 0.05) is 13.1 Å². The summed E-state index contributed by atoms with van der Waals surface area (Å²) in [7, 11) is -3.23. The van der Waals surface area contributed by atoms with Gasteiger partial charge >= 0.3 is 0 Å². The Hall–Kier alpha value is -0.910. The number of rotatable bonds is 6. The summed E-state index contributed by atoms with van der Waals surface area (Å²) in [5.41, 5.74) is 7.21. The molecule has 0 aliphatic rings. The van der Waals surface area contributed by atoms with E-state index in [0.717, 1.165) is 17.5 Å². The molecule has 0 amide bonds. The first-order valence-corrected chi connectivity index (χ1v) is 6.98. The van der Waals surface area contributed by atoms with E-state index >= 15 is 0 Å². The lowest BCUT2D eigenvalue weighted by Gasteiger charge is -2.09. The average molecular weight is 242 g/mol. The quantitative estimate of drug-likeness (QED) is 0.781. The summed E-state index contributed by atoms with van der Waals surface area (Å²) in [5, 5.41) is 0. The molecule has 90 valence electrons. The van der Waals surface area contributed by atoms with Crippen LogP contribution in [0.15, 0.2) is 24.3 Å². The molecule has 0 aliphatic heterocycles. The van der Waals surface area contributed by atoms with Gasteiger partial charge in [-0.2, -0.15) is 0 Å². The minimum absolute atomic E-state index is 0.000370. The van der Waals surface area contributed by atoms with Crippen molar-refractivity contribution < 1.29 is 8.42 Å². The molecule has 16 heavy (non-hydrogen) atoms. The first-order chi connectivity index (χ1) is 7.59. The fraction of sp³-hybridized carbons (Fsp3) is 0.455. The zero-order chi connectivity index (χ0) is 12.0. The summed E-state index contributed by atoms with van der Waals surface area (Å²) < 4.78 is 25.9. The van der Waals surface area contributed by atoms with E-state index in [2.05, 4.69) is 4.72 Å². The molecule has 0 saturated carbocycles. The van der Waals surface area contributed by atoms with Crippen LogP contribution in [0.1, 0.15) is 24.5 Å². The van der Waals surface area contributed by atoms with Gasteiger partial charge in [-0.05, 0) is 17.5 Å². The number of hydrogen-bond acceptors (Lipinski definition) is 3. The maximum atomic E-state index is 11.7. The first-order valence-electron chi connectivity index (χ1n) is 5.33. The molecule has 0 fully saturated rings. The summed E-state index contributed by atoms with van der Waals surface area (Å²) in [4.78, 5) is 0. The maximum Gasteiger partial charge on any atom is 0.215 e. The van der Waals surface area contributed by atoms with Crippen LogP contribution in [0.3, 0.4) is 0 Å². The molecule has 1 aromatic carbocycles. The monoisotopic (exact) mass is 242 g/mol. The van der Waals surface area contributed by atoms with Crippen LogP contribution >= 0.6 is 0 Å². The van der Waals surface area contributed by atoms with Gasteiger partial charge in [-0.25, -0.2) is 13.1 Å². The van der Waals surface area contributed by atoms with Gasteiger partial charge in [0.25, 0.3) is 0 Å². The van der Waals surface area contributed by atoms with E-state index in [1.54, 1.807) is 6.07 Å². The van der Waals surface area contributed by atoms with Crippen molar-refractivity contribution in [2.24, 2.45) is 5.73 Å². The highest BCUT2D eigenvalue weighted by atomic mass is 32.2. The molecule has 1 rings (SSSR count). The van der Waals surface area contributed by atoms with Crippen LogP contribution in [0.5, 0.6) is 0 Å². The summed E-state index contributed by atoms with van der Waals surface area (Å²) in [6.07, 6.45) is 0.789. The lowest BCUT2D eigenvalue weighted by Crippen LogP contribution is -2.26. The molecule has 0 bridgehead atoms.